The minimum Gasteiger partial charge on any atom is -0.444 e. The number of rotatable bonds is 3. The summed E-state index contributed by atoms with van der Waals surface area (Å²) in [6.45, 7) is 5.29. The second kappa shape index (κ2) is 6.43. The molecule has 7 heteroatoms. The van der Waals surface area contributed by atoms with E-state index in [4.69, 9.17) is 4.74 Å². The van der Waals surface area contributed by atoms with E-state index in [-0.39, 0.29) is 5.69 Å². The minimum atomic E-state index is -0.610. The first kappa shape index (κ1) is 16.4. The molecular weight excluding hydrogens is 298 g/mol. The molecule has 0 fully saturated rings. The molecule has 1 amide bonds. The molecule has 2 aromatic rings. The molecule has 1 heterocycles. The lowest BCUT2D eigenvalue weighted by atomic mass is 10.1. The summed E-state index contributed by atoms with van der Waals surface area (Å²) in [6, 6.07) is 11.2. The van der Waals surface area contributed by atoms with Crippen molar-refractivity contribution in [3.8, 4) is 11.3 Å². The van der Waals surface area contributed by atoms with Crippen LogP contribution < -0.4 is 5.32 Å². The number of amides is 1. The predicted octanol–water partition coefficient (Wildman–Crippen LogP) is 4.00. The van der Waals surface area contributed by atoms with Crippen molar-refractivity contribution < 1.29 is 14.5 Å². The molecule has 0 bridgehead atoms. The van der Waals surface area contributed by atoms with Gasteiger partial charge in [-0.3, -0.25) is 15.4 Å². The summed E-state index contributed by atoms with van der Waals surface area (Å²) in [7, 11) is 0. The molecule has 0 atom stereocenters. The zero-order chi connectivity index (χ0) is 17.0. The van der Waals surface area contributed by atoms with Gasteiger partial charge in [0.05, 0.1) is 10.6 Å². The number of nitrogens with zero attached hydrogens (tertiary/aromatic N) is 2. The number of ether oxygens (including phenoxy) is 1. The fraction of sp³-hybridized carbons (Fsp3) is 0.250. The highest BCUT2D eigenvalue weighted by Crippen LogP contribution is 2.23. The standard InChI is InChI=1S/C16H17N3O4/c1-16(2,3)23-15(20)18-14-9-5-8-13(17-14)11-6-4-7-12(10-11)19(21)22/h4-10H,1-3H3,(H,17,18,20). The van der Waals surface area contributed by atoms with Gasteiger partial charge in [-0.15, -0.1) is 0 Å². The van der Waals surface area contributed by atoms with Crippen LogP contribution in [0.5, 0.6) is 0 Å². The summed E-state index contributed by atoms with van der Waals surface area (Å²) in [5.41, 5.74) is 0.478. The van der Waals surface area contributed by atoms with E-state index < -0.39 is 16.6 Å². The number of hydrogen-bond acceptors (Lipinski definition) is 5. The Morgan fingerprint density at radius 2 is 1.91 bits per heavy atom. The first-order chi connectivity index (χ1) is 10.7. The maximum Gasteiger partial charge on any atom is 0.413 e. The highest BCUT2D eigenvalue weighted by molar-refractivity contribution is 5.84. The lowest BCUT2D eigenvalue weighted by molar-refractivity contribution is -0.384. The first-order valence-corrected chi connectivity index (χ1v) is 6.96. The second-order valence-electron chi connectivity index (χ2n) is 5.84. The van der Waals surface area contributed by atoms with Crippen molar-refractivity contribution in [3.63, 3.8) is 0 Å². The van der Waals surface area contributed by atoms with Crippen LogP contribution in [0.15, 0.2) is 42.5 Å². The van der Waals surface area contributed by atoms with Crippen LogP contribution in [-0.4, -0.2) is 21.6 Å². The van der Waals surface area contributed by atoms with Crippen molar-refractivity contribution in [2.75, 3.05) is 5.32 Å². The number of nitro benzene ring substituents is 1. The van der Waals surface area contributed by atoms with Gasteiger partial charge in [-0.25, -0.2) is 9.78 Å². The summed E-state index contributed by atoms with van der Waals surface area (Å²) in [5.74, 6) is 0.309. The molecule has 0 aliphatic heterocycles. The summed E-state index contributed by atoms with van der Waals surface area (Å²) >= 11 is 0. The molecule has 1 aromatic heterocycles. The molecule has 1 N–H and O–H groups in total. The molecule has 0 spiro atoms. The average Bonchev–Trinajstić information content (AvgIpc) is 2.45. The molecule has 7 nitrogen and oxygen atoms in total. The van der Waals surface area contributed by atoms with Crippen LogP contribution in [0.25, 0.3) is 11.3 Å². The van der Waals surface area contributed by atoms with Gasteiger partial charge in [-0.1, -0.05) is 18.2 Å². The van der Waals surface area contributed by atoms with Crippen LogP contribution in [0, 0.1) is 10.1 Å². The molecule has 2 rings (SSSR count). The molecule has 0 aliphatic carbocycles. The number of nitro groups is 1. The molecule has 0 saturated carbocycles. The SMILES string of the molecule is CC(C)(C)OC(=O)Nc1cccc(-c2cccc([N+](=O)[O-])c2)n1. The van der Waals surface area contributed by atoms with Crippen molar-refractivity contribution in [1.82, 2.24) is 4.98 Å². The highest BCUT2D eigenvalue weighted by atomic mass is 16.6. The van der Waals surface area contributed by atoms with E-state index >= 15 is 0 Å². The molecule has 1 aromatic carbocycles. The van der Waals surface area contributed by atoms with E-state index in [1.807, 2.05) is 0 Å². The van der Waals surface area contributed by atoms with Crippen LogP contribution in [0.1, 0.15) is 20.8 Å². The van der Waals surface area contributed by atoms with E-state index in [0.29, 0.717) is 17.1 Å². The first-order valence-electron chi connectivity index (χ1n) is 6.96. The Bertz CT molecular complexity index is 738. The fourth-order valence-electron chi connectivity index (χ4n) is 1.85. The Morgan fingerprint density at radius 3 is 2.57 bits per heavy atom. The predicted molar refractivity (Wildman–Crippen MR) is 86.2 cm³/mol. The van der Waals surface area contributed by atoms with Crippen molar-refractivity contribution in [2.24, 2.45) is 0 Å². The Morgan fingerprint density at radius 1 is 1.22 bits per heavy atom. The summed E-state index contributed by atoms with van der Waals surface area (Å²) in [4.78, 5) is 26.4. The Labute approximate surface area is 133 Å². The summed E-state index contributed by atoms with van der Waals surface area (Å²) < 4.78 is 5.16. The zero-order valence-corrected chi connectivity index (χ0v) is 13.1. The number of carbonyl (C=O) groups is 1. The monoisotopic (exact) mass is 315 g/mol. The van der Waals surface area contributed by atoms with Crippen LogP contribution in [0.2, 0.25) is 0 Å². The fourth-order valence-corrected chi connectivity index (χ4v) is 1.85. The highest BCUT2D eigenvalue weighted by Gasteiger charge is 2.16. The van der Waals surface area contributed by atoms with Crippen molar-refractivity contribution in [1.29, 1.82) is 0 Å². The van der Waals surface area contributed by atoms with Crippen LogP contribution >= 0.6 is 0 Å². The topological polar surface area (TPSA) is 94.4 Å². The number of anilines is 1. The van der Waals surface area contributed by atoms with Gasteiger partial charge in [0, 0.05) is 17.7 Å². The van der Waals surface area contributed by atoms with E-state index in [1.54, 1.807) is 51.1 Å². The third kappa shape index (κ3) is 4.77. The van der Waals surface area contributed by atoms with Crippen molar-refractivity contribution >= 4 is 17.6 Å². The quantitative estimate of drug-likeness (QED) is 0.682. The molecular formula is C16H17N3O4. The lowest BCUT2D eigenvalue weighted by Crippen LogP contribution is -2.27. The molecule has 0 radical (unpaired) electrons. The number of carbonyl (C=O) groups excluding carboxylic acids is 1. The van der Waals surface area contributed by atoms with Crippen LogP contribution in [-0.2, 0) is 4.74 Å². The van der Waals surface area contributed by atoms with Gasteiger partial charge in [0.2, 0.25) is 0 Å². The smallest absolute Gasteiger partial charge is 0.413 e. The largest absolute Gasteiger partial charge is 0.444 e. The normalized spacial score (nSPS) is 10.9. The van der Waals surface area contributed by atoms with Gasteiger partial charge in [-0.2, -0.15) is 0 Å². The third-order valence-corrected chi connectivity index (χ3v) is 2.73. The lowest BCUT2D eigenvalue weighted by Gasteiger charge is -2.19. The van der Waals surface area contributed by atoms with Gasteiger partial charge >= 0.3 is 6.09 Å². The maximum absolute atomic E-state index is 11.8. The van der Waals surface area contributed by atoms with Gasteiger partial charge in [0.15, 0.2) is 0 Å². The molecule has 0 saturated heterocycles. The minimum absolute atomic E-state index is 0.0187. The van der Waals surface area contributed by atoms with Crippen LogP contribution in [0.3, 0.4) is 0 Å². The van der Waals surface area contributed by atoms with Crippen molar-refractivity contribution in [3.05, 3.63) is 52.6 Å². The van der Waals surface area contributed by atoms with E-state index in [9.17, 15) is 14.9 Å². The molecule has 23 heavy (non-hydrogen) atoms. The molecule has 0 aliphatic rings. The zero-order valence-electron chi connectivity index (χ0n) is 13.1. The van der Waals surface area contributed by atoms with Crippen molar-refractivity contribution in [2.45, 2.75) is 26.4 Å². The average molecular weight is 315 g/mol. The van der Waals surface area contributed by atoms with E-state index in [2.05, 4.69) is 10.3 Å². The van der Waals surface area contributed by atoms with E-state index in [0.717, 1.165) is 0 Å². The summed E-state index contributed by atoms with van der Waals surface area (Å²) in [5, 5.41) is 13.4. The Hall–Kier alpha value is -2.96. The maximum atomic E-state index is 11.8. The van der Waals surface area contributed by atoms with Gasteiger partial charge in [0.25, 0.3) is 5.69 Å². The number of non-ortho nitro benzene ring substituents is 1. The number of aromatic nitrogens is 1. The number of pyridine rings is 1. The Kier molecular flexibility index (Phi) is 4.59. The van der Waals surface area contributed by atoms with Gasteiger partial charge in [0.1, 0.15) is 11.4 Å². The number of benzene rings is 1. The number of nitrogens with one attached hydrogen (secondary N) is 1. The second-order valence-corrected chi connectivity index (χ2v) is 5.84. The summed E-state index contributed by atoms with van der Waals surface area (Å²) in [6.07, 6.45) is -0.610. The molecule has 0 unspecified atom stereocenters. The van der Waals surface area contributed by atoms with Gasteiger partial charge < -0.3 is 4.74 Å². The molecule has 120 valence electrons. The van der Waals surface area contributed by atoms with Gasteiger partial charge in [-0.05, 0) is 32.9 Å². The third-order valence-electron chi connectivity index (χ3n) is 2.73. The number of hydrogen-bond donors (Lipinski definition) is 1. The Balaban J connectivity index is 2.22. The van der Waals surface area contributed by atoms with E-state index in [1.165, 1.54) is 12.1 Å². The van der Waals surface area contributed by atoms with Crippen LogP contribution in [0.4, 0.5) is 16.3 Å².